The molecule has 1 unspecified atom stereocenters. The SMILES string of the molecule is [C-]#[N+]c1ccc(CC(C(=O)O)N2CC(=O)N(c3cc(Cl)ccc3-n3cc(Cl)nn3)CC2=O)cc1. The molecule has 0 aliphatic carbocycles. The molecule has 3 aromatic rings. The van der Waals surface area contributed by atoms with Crippen molar-refractivity contribution in [3.63, 3.8) is 0 Å². The van der Waals surface area contributed by atoms with E-state index < -0.39 is 30.4 Å². The molecule has 1 aromatic heterocycles. The molecule has 1 aliphatic heterocycles. The summed E-state index contributed by atoms with van der Waals surface area (Å²) in [6.45, 7) is 6.21. The molecule has 0 saturated carbocycles. The molecule has 1 atom stereocenters. The van der Waals surface area contributed by atoms with Crippen molar-refractivity contribution in [2.45, 2.75) is 12.5 Å². The Balaban J connectivity index is 1.60. The summed E-state index contributed by atoms with van der Waals surface area (Å²) in [7, 11) is 0. The lowest BCUT2D eigenvalue weighted by atomic mass is 10.0. The summed E-state index contributed by atoms with van der Waals surface area (Å²) in [5, 5.41) is 17.9. The van der Waals surface area contributed by atoms with Gasteiger partial charge >= 0.3 is 5.97 Å². The van der Waals surface area contributed by atoms with Crippen molar-refractivity contribution in [1.82, 2.24) is 19.9 Å². The van der Waals surface area contributed by atoms with Crippen molar-refractivity contribution < 1.29 is 19.5 Å². The maximum Gasteiger partial charge on any atom is 0.326 e. The number of carboxylic acid groups (broad SMARTS) is 1. The van der Waals surface area contributed by atoms with E-state index in [4.69, 9.17) is 29.8 Å². The molecular formula is C22H16Cl2N6O4. The second kappa shape index (κ2) is 9.51. The summed E-state index contributed by atoms with van der Waals surface area (Å²) in [6, 6.07) is 9.89. The van der Waals surface area contributed by atoms with Gasteiger partial charge in [-0.15, -0.1) is 5.10 Å². The van der Waals surface area contributed by atoms with Gasteiger partial charge in [-0.1, -0.05) is 52.7 Å². The molecule has 10 nitrogen and oxygen atoms in total. The fourth-order valence-corrected chi connectivity index (χ4v) is 3.96. The van der Waals surface area contributed by atoms with Crippen LogP contribution in [-0.4, -0.2) is 61.9 Å². The highest BCUT2D eigenvalue weighted by Crippen LogP contribution is 2.30. The number of aromatic nitrogens is 3. The smallest absolute Gasteiger partial charge is 0.326 e. The van der Waals surface area contributed by atoms with Crippen LogP contribution in [0.3, 0.4) is 0 Å². The summed E-state index contributed by atoms with van der Waals surface area (Å²) in [6.07, 6.45) is 1.43. The van der Waals surface area contributed by atoms with E-state index >= 15 is 0 Å². The molecule has 1 aliphatic rings. The van der Waals surface area contributed by atoms with Crippen LogP contribution in [0, 0.1) is 6.57 Å². The summed E-state index contributed by atoms with van der Waals surface area (Å²) in [4.78, 5) is 43.7. The number of anilines is 1. The predicted octanol–water partition coefficient (Wildman–Crippen LogP) is 3.00. The summed E-state index contributed by atoms with van der Waals surface area (Å²) in [5.74, 6) is -2.25. The Labute approximate surface area is 203 Å². The molecule has 2 aromatic carbocycles. The van der Waals surface area contributed by atoms with Gasteiger partial charge in [-0.2, -0.15) is 0 Å². The molecule has 2 heterocycles. The standard InChI is InChI=1S/C22H16Cl2N6O4/c1-25-15-5-2-13(3-6-15)8-18(22(33)34)29-12-20(31)28(11-21(29)32)17-9-14(23)4-7-16(17)30-10-19(24)26-27-30/h2-7,9-10,18H,8,11-12H2,(H,33,34). The second-order valence-electron chi connectivity index (χ2n) is 7.46. The number of carboxylic acids is 1. The van der Waals surface area contributed by atoms with Gasteiger partial charge in [0.25, 0.3) is 0 Å². The van der Waals surface area contributed by atoms with Crippen molar-refractivity contribution in [2.24, 2.45) is 0 Å². The number of hydrogen-bond donors (Lipinski definition) is 1. The van der Waals surface area contributed by atoms with E-state index in [2.05, 4.69) is 15.2 Å². The Morgan fingerprint density at radius 1 is 1.09 bits per heavy atom. The van der Waals surface area contributed by atoms with Crippen LogP contribution in [0.2, 0.25) is 10.2 Å². The van der Waals surface area contributed by atoms with Crippen LogP contribution in [0.5, 0.6) is 0 Å². The van der Waals surface area contributed by atoms with Crippen molar-refractivity contribution in [3.05, 3.63) is 75.8 Å². The Kier molecular flexibility index (Phi) is 6.49. The van der Waals surface area contributed by atoms with E-state index in [-0.39, 0.29) is 18.1 Å². The van der Waals surface area contributed by atoms with Crippen LogP contribution < -0.4 is 4.90 Å². The number of hydrogen-bond acceptors (Lipinski definition) is 5. The monoisotopic (exact) mass is 498 g/mol. The fraction of sp³-hybridized carbons (Fsp3) is 0.182. The third kappa shape index (κ3) is 4.71. The zero-order valence-electron chi connectivity index (χ0n) is 17.4. The highest BCUT2D eigenvalue weighted by atomic mass is 35.5. The van der Waals surface area contributed by atoms with Crippen molar-refractivity contribution >= 4 is 52.4 Å². The van der Waals surface area contributed by atoms with Gasteiger partial charge in [-0.3, -0.25) is 14.5 Å². The first-order chi connectivity index (χ1) is 16.3. The molecule has 12 heteroatoms. The number of halogens is 2. The number of aliphatic carboxylic acids is 1. The fourth-order valence-electron chi connectivity index (χ4n) is 3.67. The molecule has 4 rings (SSSR count). The number of amides is 2. The first-order valence-corrected chi connectivity index (χ1v) is 10.7. The van der Waals surface area contributed by atoms with Crippen molar-refractivity contribution in [2.75, 3.05) is 18.0 Å². The van der Waals surface area contributed by atoms with E-state index in [0.29, 0.717) is 27.6 Å². The highest BCUT2D eigenvalue weighted by molar-refractivity contribution is 6.31. The van der Waals surface area contributed by atoms with Crippen molar-refractivity contribution in [3.8, 4) is 5.69 Å². The minimum Gasteiger partial charge on any atom is -0.480 e. The molecule has 0 bridgehead atoms. The number of nitrogens with zero attached hydrogens (tertiary/aromatic N) is 6. The lowest BCUT2D eigenvalue weighted by molar-refractivity contribution is -0.152. The van der Waals surface area contributed by atoms with Gasteiger partial charge in [-0.25, -0.2) is 14.3 Å². The normalized spacial score (nSPS) is 14.7. The molecule has 0 radical (unpaired) electrons. The van der Waals surface area contributed by atoms with Crippen LogP contribution in [0.1, 0.15) is 5.56 Å². The number of carbonyl (C=O) groups excluding carboxylic acids is 2. The zero-order chi connectivity index (χ0) is 24.4. The second-order valence-corrected chi connectivity index (χ2v) is 8.28. The molecule has 0 spiro atoms. The summed E-state index contributed by atoms with van der Waals surface area (Å²) < 4.78 is 1.35. The van der Waals surface area contributed by atoms with Crippen molar-refractivity contribution in [1.29, 1.82) is 0 Å². The van der Waals surface area contributed by atoms with Gasteiger partial charge in [0.15, 0.2) is 10.8 Å². The molecule has 172 valence electrons. The maximum absolute atomic E-state index is 13.1. The number of piperazine rings is 1. The van der Waals surface area contributed by atoms with Gasteiger partial charge in [0.05, 0.1) is 24.1 Å². The molecule has 1 saturated heterocycles. The number of carbonyl (C=O) groups is 3. The highest BCUT2D eigenvalue weighted by Gasteiger charge is 2.38. The summed E-state index contributed by atoms with van der Waals surface area (Å²) >= 11 is 12.0. The Morgan fingerprint density at radius 3 is 2.44 bits per heavy atom. The first-order valence-electron chi connectivity index (χ1n) is 9.93. The minimum atomic E-state index is -1.25. The lowest BCUT2D eigenvalue weighted by Gasteiger charge is -2.37. The lowest BCUT2D eigenvalue weighted by Crippen LogP contribution is -2.59. The Bertz CT molecular complexity index is 1320. The van der Waals surface area contributed by atoms with Gasteiger partial charge in [-0.05, 0) is 23.8 Å². The first kappa shape index (κ1) is 23.2. The largest absolute Gasteiger partial charge is 0.480 e. The average Bonchev–Trinajstić information content (AvgIpc) is 3.25. The van der Waals surface area contributed by atoms with Gasteiger partial charge in [0.1, 0.15) is 19.1 Å². The summed E-state index contributed by atoms with van der Waals surface area (Å²) in [5.41, 5.74) is 1.78. The van der Waals surface area contributed by atoms with E-state index in [1.54, 1.807) is 36.4 Å². The van der Waals surface area contributed by atoms with Gasteiger partial charge < -0.3 is 10.0 Å². The van der Waals surface area contributed by atoms with E-state index in [0.717, 1.165) is 4.90 Å². The number of benzene rings is 2. The predicted molar refractivity (Wildman–Crippen MR) is 123 cm³/mol. The quantitative estimate of drug-likeness (QED) is 0.522. The van der Waals surface area contributed by atoms with Crippen LogP contribution in [0.25, 0.3) is 10.5 Å². The molecule has 1 N–H and O–H groups in total. The Morgan fingerprint density at radius 2 is 1.82 bits per heavy atom. The van der Waals surface area contributed by atoms with E-state index in [1.165, 1.54) is 21.8 Å². The topological polar surface area (TPSA) is 113 Å². The minimum absolute atomic E-state index is 0.00744. The van der Waals surface area contributed by atoms with Crippen LogP contribution in [-0.2, 0) is 20.8 Å². The number of rotatable bonds is 6. The van der Waals surface area contributed by atoms with Gasteiger partial charge in [0, 0.05) is 11.4 Å². The van der Waals surface area contributed by atoms with Crippen LogP contribution in [0.15, 0.2) is 48.7 Å². The third-order valence-electron chi connectivity index (χ3n) is 5.32. The van der Waals surface area contributed by atoms with E-state index in [9.17, 15) is 19.5 Å². The molecule has 34 heavy (non-hydrogen) atoms. The zero-order valence-corrected chi connectivity index (χ0v) is 18.9. The van der Waals surface area contributed by atoms with E-state index in [1.807, 2.05) is 0 Å². The maximum atomic E-state index is 13.1. The van der Waals surface area contributed by atoms with Crippen LogP contribution >= 0.6 is 23.2 Å². The van der Waals surface area contributed by atoms with Gasteiger partial charge in [0.2, 0.25) is 11.8 Å². The Hall–Kier alpha value is -3.94. The molecule has 2 amide bonds. The molecular weight excluding hydrogens is 483 g/mol. The molecule has 1 fully saturated rings. The average molecular weight is 499 g/mol. The van der Waals surface area contributed by atoms with Crippen LogP contribution in [0.4, 0.5) is 11.4 Å². The third-order valence-corrected chi connectivity index (χ3v) is 5.72.